The molecule has 0 saturated heterocycles. The van der Waals surface area contributed by atoms with Gasteiger partial charge >= 0.3 is 0 Å². The highest BCUT2D eigenvalue weighted by atomic mass is 35.5. The molecular formula is C15H13ClN2. The Balaban J connectivity index is 2.32. The van der Waals surface area contributed by atoms with Gasteiger partial charge in [0.15, 0.2) is 5.15 Å². The lowest BCUT2D eigenvalue weighted by Crippen LogP contribution is -1.90. The van der Waals surface area contributed by atoms with Crippen LogP contribution in [0.25, 0.3) is 16.9 Å². The summed E-state index contributed by atoms with van der Waals surface area (Å²) < 4.78 is 2.05. The van der Waals surface area contributed by atoms with Crippen molar-refractivity contribution in [3.8, 4) is 11.4 Å². The number of benzene rings is 1. The van der Waals surface area contributed by atoms with Crippen molar-refractivity contribution in [1.29, 1.82) is 0 Å². The maximum Gasteiger partial charge on any atom is 0.155 e. The predicted molar refractivity (Wildman–Crippen MR) is 75.1 cm³/mol. The number of imidazole rings is 1. The van der Waals surface area contributed by atoms with Gasteiger partial charge < -0.3 is 0 Å². The molecule has 0 N–H and O–H groups in total. The van der Waals surface area contributed by atoms with Crippen LogP contribution in [-0.4, -0.2) is 9.38 Å². The molecule has 0 aliphatic carbocycles. The lowest BCUT2D eigenvalue weighted by molar-refractivity contribution is 1.14. The number of aromatic nitrogens is 2. The zero-order valence-corrected chi connectivity index (χ0v) is 11.1. The van der Waals surface area contributed by atoms with Gasteiger partial charge in [-0.25, -0.2) is 4.98 Å². The van der Waals surface area contributed by atoms with Crippen molar-refractivity contribution in [3.63, 3.8) is 0 Å². The molecule has 2 nitrogen and oxygen atoms in total. The number of halogens is 1. The second kappa shape index (κ2) is 4.14. The molecule has 0 radical (unpaired) electrons. The minimum Gasteiger partial charge on any atom is -0.298 e. The minimum atomic E-state index is 0.548. The molecule has 0 spiro atoms. The van der Waals surface area contributed by atoms with E-state index < -0.39 is 0 Å². The number of nitrogens with zero attached hydrogens (tertiary/aromatic N) is 2. The first kappa shape index (κ1) is 11.3. The van der Waals surface area contributed by atoms with Gasteiger partial charge in [0.1, 0.15) is 5.82 Å². The van der Waals surface area contributed by atoms with E-state index in [2.05, 4.69) is 43.2 Å². The van der Waals surface area contributed by atoms with Crippen LogP contribution in [0.15, 0.2) is 42.6 Å². The summed E-state index contributed by atoms with van der Waals surface area (Å²) in [7, 11) is 0. The molecule has 0 bridgehead atoms. The van der Waals surface area contributed by atoms with Crippen LogP contribution in [0.2, 0.25) is 5.15 Å². The number of aryl methyl sites for hydroxylation is 2. The lowest BCUT2D eigenvalue weighted by Gasteiger charge is -2.03. The van der Waals surface area contributed by atoms with E-state index in [-0.39, 0.29) is 0 Å². The zero-order chi connectivity index (χ0) is 12.7. The normalized spacial score (nSPS) is 11.1. The van der Waals surface area contributed by atoms with E-state index in [9.17, 15) is 0 Å². The van der Waals surface area contributed by atoms with Gasteiger partial charge in [-0.1, -0.05) is 41.4 Å². The monoisotopic (exact) mass is 256 g/mol. The van der Waals surface area contributed by atoms with E-state index in [1.165, 1.54) is 11.1 Å². The average molecular weight is 257 g/mol. The molecule has 0 amide bonds. The summed E-state index contributed by atoms with van der Waals surface area (Å²) in [4.78, 5) is 4.47. The van der Waals surface area contributed by atoms with Gasteiger partial charge in [-0.15, -0.1) is 0 Å². The van der Waals surface area contributed by atoms with E-state index in [1.54, 1.807) is 0 Å². The topological polar surface area (TPSA) is 17.3 Å². The van der Waals surface area contributed by atoms with Gasteiger partial charge in [0.2, 0.25) is 0 Å². The van der Waals surface area contributed by atoms with E-state index >= 15 is 0 Å². The van der Waals surface area contributed by atoms with Crippen LogP contribution in [-0.2, 0) is 0 Å². The minimum absolute atomic E-state index is 0.548. The molecule has 0 aliphatic heterocycles. The van der Waals surface area contributed by atoms with Crippen LogP contribution in [0, 0.1) is 13.8 Å². The maximum absolute atomic E-state index is 6.19. The summed E-state index contributed by atoms with van der Waals surface area (Å²) in [6, 6.07) is 12.3. The highest BCUT2D eigenvalue weighted by Gasteiger charge is 2.11. The molecule has 18 heavy (non-hydrogen) atoms. The number of rotatable bonds is 1. The lowest BCUT2D eigenvalue weighted by atomic mass is 10.1. The van der Waals surface area contributed by atoms with E-state index in [0.29, 0.717) is 5.15 Å². The smallest absolute Gasteiger partial charge is 0.155 e. The third-order valence-corrected chi connectivity index (χ3v) is 3.29. The summed E-state index contributed by atoms with van der Waals surface area (Å²) in [5.74, 6) is 0.891. The molecule has 3 rings (SSSR count). The van der Waals surface area contributed by atoms with Gasteiger partial charge in [0.05, 0.1) is 5.52 Å². The van der Waals surface area contributed by atoms with E-state index in [4.69, 9.17) is 11.6 Å². The predicted octanol–water partition coefficient (Wildman–Crippen LogP) is 4.27. The van der Waals surface area contributed by atoms with Crippen LogP contribution < -0.4 is 0 Å². The third-order valence-electron chi connectivity index (χ3n) is 3.02. The molecule has 0 saturated carbocycles. The molecule has 0 unspecified atom stereocenters. The van der Waals surface area contributed by atoms with Crippen molar-refractivity contribution in [2.75, 3.05) is 0 Å². The molecule has 90 valence electrons. The molecule has 0 fully saturated rings. The number of hydrogen-bond donors (Lipinski definition) is 0. The Morgan fingerprint density at radius 2 is 1.89 bits per heavy atom. The maximum atomic E-state index is 6.19. The second-order valence-corrected chi connectivity index (χ2v) is 4.92. The quantitative estimate of drug-likeness (QED) is 0.636. The highest BCUT2D eigenvalue weighted by molar-refractivity contribution is 6.32. The van der Waals surface area contributed by atoms with Crippen molar-refractivity contribution in [2.24, 2.45) is 0 Å². The largest absolute Gasteiger partial charge is 0.298 e. The second-order valence-electron chi connectivity index (χ2n) is 4.56. The summed E-state index contributed by atoms with van der Waals surface area (Å²) >= 11 is 6.19. The molecule has 2 heterocycles. The van der Waals surface area contributed by atoms with Crippen LogP contribution in [0.4, 0.5) is 0 Å². The van der Waals surface area contributed by atoms with Crippen LogP contribution in [0.1, 0.15) is 11.1 Å². The summed E-state index contributed by atoms with van der Waals surface area (Å²) in [5, 5.41) is 0.548. The number of fused-ring (bicyclic) bond motifs is 1. The fourth-order valence-electron chi connectivity index (χ4n) is 2.14. The van der Waals surface area contributed by atoms with Crippen molar-refractivity contribution in [1.82, 2.24) is 9.38 Å². The summed E-state index contributed by atoms with van der Waals surface area (Å²) in [6.07, 6.45) is 2.06. The average Bonchev–Trinajstić information content (AvgIpc) is 2.66. The molecule has 2 aromatic heterocycles. The highest BCUT2D eigenvalue weighted by Crippen LogP contribution is 2.26. The van der Waals surface area contributed by atoms with Crippen molar-refractivity contribution < 1.29 is 0 Å². The number of hydrogen-bond acceptors (Lipinski definition) is 1. The summed E-state index contributed by atoms with van der Waals surface area (Å²) in [5.41, 5.74) is 4.43. The van der Waals surface area contributed by atoms with E-state index in [1.807, 2.05) is 22.6 Å². The Morgan fingerprint density at radius 1 is 1.06 bits per heavy atom. The Kier molecular flexibility index (Phi) is 2.60. The van der Waals surface area contributed by atoms with Crippen LogP contribution in [0.3, 0.4) is 0 Å². The van der Waals surface area contributed by atoms with Gasteiger partial charge in [0, 0.05) is 11.8 Å². The molecular weight excluding hydrogens is 244 g/mol. The SMILES string of the molecule is Cc1cccc(-c2nc(Cl)c3ccc(C)cn23)c1. The first-order valence-corrected chi connectivity index (χ1v) is 6.24. The Labute approximate surface area is 111 Å². The summed E-state index contributed by atoms with van der Waals surface area (Å²) in [6.45, 7) is 4.14. The molecule has 0 atom stereocenters. The van der Waals surface area contributed by atoms with Crippen molar-refractivity contribution in [3.05, 3.63) is 58.9 Å². The van der Waals surface area contributed by atoms with Gasteiger partial charge in [0.25, 0.3) is 0 Å². The zero-order valence-electron chi connectivity index (χ0n) is 10.3. The fourth-order valence-corrected chi connectivity index (χ4v) is 2.38. The van der Waals surface area contributed by atoms with Crippen LogP contribution in [0.5, 0.6) is 0 Å². The van der Waals surface area contributed by atoms with Crippen molar-refractivity contribution >= 4 is 17.1 Å². The molecule has 0 aliphatic rings. The number of pyridine rings is 1. The Bertz CT molecular complexity index is 728. The molecule has 3 heteroatoms. The molecule has 1 aromatic carbocycles. The fraction of sp³-hybridized carbons (Fsp3) is 0.133. The Hall–Kier alpha value is -1.80. The molecule has 3 aromatic rings. The van der Waals surface area contributed by atoms with E-state index in [0.717, 1.165) is 16.9 Å². The third kappa shape index (κ3) is 1.79. The standard InChI is InChI=1S/C15H13ClN2/c1-10-4-3-5-12(8-10)15-17-14(16)13-7-6-11(2)9-18(13)15/h3-9H,1-2H3. The first-order chi connectivity index (χ1) is 8.65. The van der Waals surface area contributed by atoms with Gasteiger partial charge in [-0.05, 0) is 31.5 Å². The van der Waals surface area contributed by atoms with Crippen LogP contribution >= 0.6 is 11.6 Å². The van der Waals surface area contributed by atoms with Gasteiger partial charge in [-0.2, -0.15) is 0 Å². The van der Waals surface area contributed by atoms with Crippen molar-refractivity contribution in [2.45, 2.75) is 13.8 Å². The Morgan fingerprint density at radius 3 is 2.67 bits per heavy atom. The first-order valence-electron chi connectivity index (χ1n) is 5.86. The van der Waals surface area contributed by atoms with Gasteiger partial charge in [-0.3, -0.25) is 4.40 Å².